The first-order valence-electron chi connectivity index (χ1n) is 4.68. The van der Waals surface area contributed by atoms with Crippen LogP contribution < -0.4 is 5.32 Å². The van der Waals surface area contributed by atoms with Gasteiger partial charge < -0.3 is 5.11 Å². The standard InChI is InChI=1S/C11H10N2O2S.ClH/c1-7-6-16-10(12-7)8-4-2-3-5-9(8)13-11(14)15;/h2-6,13H,1H3,(H,14,15);1H. The Morgan fingerprint density at radius 2 is 2.12 bits per heavy atom. The molecule has 1 aromatic heterocycles. The lowest BCUT2D eigenvalue weighted by Crippen LogP contribution is -2.08. The largest absolute Gasteiger partial charge is 0.465 e. The summed E-state index contributed by atoms with van der Waals surface area (Å²) in [5, 5.41) is 13.8. The number of aryl methyl sites for hydroxylation is 1. The number of rotatable bonds is 2. The summed E-state index contributed by atoms with van der Waals surface area (Å²) in [6.45, 7) is 1.91. The molecule has 0 saturated carbocycles. The molecule has 1 heterocycles. The Morgan fingerprint density at radius 3 is 2.71 bits per heavy atom. The van der Waals surface area contributed by atoms with E-state index in [0.29, 0.717) is 5.69 Å². The highest BCUT2D eigenvalue weighted by Gasteiger charge is 2.09. The predicted molar refractivity (Wildman–Crippen MR) is 71.2 cm³/mol. The van der Waals surface area contributed by atoms with Crippen molar-refractivity contribution < 1.29 is 9.90 Å². The van der Waals surface area contributed by atoms with Crippen molar-refractivity contribution in [2.24, 2.45) is 0 Å². The maximum Gasteiger partial charge on any atom is 0.409 e. The average Bonchev–Trinajstić information content (AvgIpc) is 2.65. The molecule has 0 radical (unpaired) electrons. The zero-order chi connectivity index (χ0) is 11.5. The molecule has 0 saturated heterocycles. The van der Waals surface area contributed by atoms with Crippen molar-refractivity contribution in [3.8, 4) is 10.6 Å². The number of carbonyl (C=O) groups is 1. The van der Waals surface area contributed by atoms with Crippen LogP contribution in [0.3, 0.4) is 0 Å². The molecule has 1 amide bonds. The van der Waals surface area contributed by atoms with Crippen LogP contribution in [0.1, 0.15) is 5.69 Å². The summed E-state index contributed by atoms with van der Waals surface area (Å²) in [5.74, 6) is 0. The Bertz CT molecular complexity index is 528. The van der Waals surface area contributed by atoms with Gasteiger partial charge in [-0.25, -0.2) is 9.78 Å². The lowest BCUT2D eigenvalue weighted by Gasteiger charge is -2.05. The van der Waals surface area contributed by atoms with Gasteiger partial charge in [0.25, 0.3) is 0 Å². The molecule has 6 heteroatoms. The summed E-state index contributed by atoms with van der Waals surface area (Å²) >= 11 is 1.50. The first-order chi connectivity index (χ1) is 7.66. The first-order valence-corrected chi connectivity index (χ1v) is 5.56. The van der Waals surface area contributed by atoms with Crippen molar-refractivity contribution in [1.29, 1.82) is 0 Å². The van der Waals surface area contributed by atoms with E-state index in [1.807, 2.05) is 24.4 Å². The fraction of sp³-hybridized carbons (Fsp3) is 0.0909. The van der Waals surface area contributed by atoms with Crippen LogP contribution in [0, 0.1) is 6.92 Å². The minimum atomic E-state index is -1.07. The van der Waals surface area contributed by atoms with Gasteiger partial charge in [-0.1, -0.05) is 12.1 Å². The second-order valence-electron chi connectivity index (χ2n) is 3.27. The third kappa shape index (κ3) is 3.18. The summed E-state index contributed by atoms with van der Waals surface area (Å²) in [6.07, 6.45) is -1.07. The Labute approximate surface area is 109 Å². The van der Waals surface area contributed by atoms with E-state index in [2.05, 4.69) is 10.3 Å². The molecule has 2 rings (SSSR count). The molecular formula is C11H11ClN2O2S. The van der Waals surface area contributed by atoms with E-state index < -0.39 is 6.09 Å². The number of nitrogens with one attached hydrogen (secondary N) is 1. The van der Waals surface area contributed by atoms with Crippen LogP contribution in [0.25, 0.3) is 10.6 Å². The number of aromatic nitrogens is 1. The van der Waals surface area contributed by atoms with Crippen LogP contribution in [0.15, 0.2) is 29.6 Å². The number of benzene rings is 1. The van der Waals surface area contributed by atoms with Gasteiger partial charge in [0.1, 0.15) is 5.01 Å². The zero-order valence-electron chi connectivity index (χ0n) is 9.01. The molecule has 0 atom stereocenters. The number of hydrogen-bond acceptors (Lipinski definition) is 3. The van der Waals surface area contributed by atoms with E-state index in [0.717, 1.165) is 16.3 Å². The molecular weight excluding hydrogens is 260 g/mol. The van der Waals surface area contributed by atoms with E-state index in [1.165, 1.54) is 11.3 Å². The molecule has 0 fully saturated rings. The summed E-state index contributed by atoms with van der Waals surface area (Å²) in [5.41, 5.74) is 2.30. The zero-order valence-corrected chi connectivity index (χ0v) is 10.6. The molecule has 0 bridgehead atoms. The van der Waals surface area contributed by atoms with Crippen LogP contribution in [-0.4, -0.2) is 16.2 Å². The van der Waals surface area contributed by atoms with Gasteiger partial charge in [0.05, 0.1) is 5.69 Å². The monoisotopic (exact) mass is 270 g/mol. The Hall–Kier alpha value is -1.59. The van der Waals surface area contributed by atoms with E-state index >= 15 is 0 Å². The Balaban J connectivity index is 0.00000144. The van der Waals surface area contributed by atoms with Crippen molar-refractivity contribution in [2.45, 2.75) is 6.92 Å². The molecule has 0 aliphatic carbocycles. The Kier molecular flexibility index (Phi) is 4.48. The summed E-state index contributed by atoms with van der Waals surface area (Å²) in [4.78, 5) is 15.0. The predicted octanol–water partition coefficient (Wildman–Crippen LogP) is 3.63. The first kappa shape index (κ1) is 13.5. The second-order valence-corrected chi connectivity index (χ2v) is 4.13. The van der Waals surface area contributed by atoms with Gasteiger partial charge in [0.2, 0.25) is 0 Å². The lowest BCUT2D eigenvalue weighted by molar-refractivity contribution is 0.210. The average molecular weight is 271 g/mol. The van der Waals surface area contributed by atoms with Crippen molar-refractivity contribution in [3.05, 3.63) is 35.3 Å². The third-order valence-corrected chi connectivity index (χ3v) is 3.01. The molecule has 0 spiro atoms. The fourth-order valence-electron chi connectivity index (χ4n) is 1.37. The SMILES string of the molecule is Cc1csc(-c2ccccc2NC(=O)O)n1.Cl. The van der Waals surface area contributed by atoms with E-state index in [4.69, 9.17) is 5.11 Å². The number of anilines is 1. The van der Waals surface area contributed by atoms with E-state index in [-0.39, 0.29) is 12.4 Å². The number of amides is 1. The summed E-state index contributed by atoms with van der Waals surface area (Å²) in [7, 11) is 0. The topological polar surface area (TPSA) is 62.2 Å². The van der Waals surface area contributed by atoms with Gasteiger partial charge in [-0.3, -0.25) is 5.32 Å². The van der Waals surface area contributed by atoms with E-state index in [1.54, 1.807) is 12.1 Å². The molecule has 0 aliphatic heterocycles. The molecule has 1 aromatic carbocycles. The number of hydrogen-bond donors (Lipinski definition) is 2. The van der Waals surface area contributed by atoms with Crippen molar-refractivity contribution in [3.63, 3.8) is 0 Å². The van der Waals surface area contributed by atoms with Crippen LogP contribution in [0.2, 0.25) is 0 Å². The van der Waals surface area contributed by atoms with Gasteiger partial charge in [-0.05, 0) is 19.1 Å². The number of thiazole rings is 1. The number of para-hydroxylation sites is 1. The number of carboxylic acid groups (broad SMARTS) is 1. The number of nitrogens with zero attached hydrogens (tertiary/aromatic N) is 1. The number of halogens is 1. The molecule has 17 heavy (non-hydrogen) atoms. The third-order valence-electron chi connectivity index (χ3n) is 2.02. The summed E-state index contributed by atoms with van der Waals surface area (Å²) < 4.78 is 0. The molecule has 2 N–H and O–H groups in total. The smallest absolute Gasteiger partial charge is 0.409 e. The molecule has 0 aliphatic rings. The normalized spacial score (nSPS) is 9.47. The highest BCUT2D eigenvalue weighted by Crippen LogP contribution is 2.30. The maximum absolute atomic E-state index is 10.6. The molecule has 0 unspecified atom stereocenters. The quantitative estimate of drug-likeness (QED) is 0.876. The van der Waals surface area contributed by atoms with Crippen LogP contribution >= 0.6 is 23.7 Å². The highest BCUT2D eigenvalue weighted by atomic mass is 35.5. The van der Waals surface area contributed by atoms with Crippen LogP contribution in [0.5, 0.6) is 0 Å². The van der Waals surface area contributed by atoms with E-state index in [9.17, 15) is 4.79 Å². The van der Waals surface area contributed by atoms with Gasteiger partial charge in [-0.15, -0.1) is 23.7 Å². The fourth-order valence-corrected chi connectivity index (χ4v) is 2.21. The summed E-state index contributed by atoms with van der Waals surface area (Å²) in [6, 6.07) is 7.22. The van der Waals surface area contributed by atoms with Crippen molar-refractivity contribution >= 4 is 35.5 Å². The maximum atomic E-state index is 10.6. The van der Waals surface area contributed by atoms with Crippen molar-refractivity contribution in [1.82, 2.24) is 4.98 Å². The highest BCUT2D eigenvalue weighted by molar-refractivity contribution is 7.13. The van der Waals surface area contributed by atoms with Crippen LogP contribution in [-0.2, 0) is 0 Å². The van der Waals surface area contributed by atoms with Crippen LogP contribution in [0.4, 0.5) is 10.5 Å². The molecule has 2 aromatic rings. The molecule has 4 nitrogen and oxygen atoms in total. The molecule has 90 valence electrons. The van der Waals surface area contributed by atoms with Gasteiger partial charge in [-0.2, -0.15) is 0 Å². The lowest BCUT2D eigenvalue weighted by atomic mass is 10.2. The minimum Gasteiger partial charge on any atom is -0.465 e. The Morgan fingerprint density at radius 1 is 1.41 bits per heavy atom. The van der Waals surface area contributed by atoms with Gasteiger partial charge in [0, 0.05) is 16.6 Å². The second kappa shape index (κ2) is 5.65. The van der Waals surface area contributed by atoms with Gasteiger partial charge in [0.15, 0.2) is 0 Å². The van der Waals surface area contributed by atoms with Crippen molar-refractivity contribution in [2.75, 3.05) is 5.32 Å². The minimum absolute atomic E-state index is 0. The van der Waals surface area contributed by atoms with Gasteiger partial charge >= 0.3 is 6.09 Å².